The van der Waals surface area contributed by atoms with Crippen LogP contribution in [0.25, 0.3) is 0 Å². The molecule has 0 saturated carbocycles. The summed E-state index contributed by atoms with van der Waals surface area (Å²) in [5.41, 5.74) is 0. The fraction of sp³-hybridized carbons (Fsp3) is 0.143. The maximum Gasteiger partial charge on any atom is 0.178 e. The van der Waals surface area contributed by atoms with E-state index in [4.69, 9.17) is 4.74 Å². The Balaban J connectivity index is 3.14. The lowest BCUT2D eigenvalue weighted by atomic mass is 10.3. The molecule has 1 aromatic carbocycles. The van der Waals surface area contributed by atoms with E-state index in [-0.39, 0.29) is 5.82 Å². The molecule has 0 fully saturated rings. The zero-order valence-corrected chi connectivity index (χ0v) is 7.55. The largest absolute Gasteiger partial charge is 0.494 e. The van der Waals surface area contributed by atoms with Crippen molar-refractivity contribution in [1.29, 1.82) is 0 Å². The van der Waals surface area contributed by atoms with Gasteiger partial charge in [0.15, 0.2) is 11.6 Å². The Hall–Kier alpha value is -0.320. The number of hydrogen-bond donors (Lipinski definition) is 0. The van der Waals surface area contributed by atoms with Crippen LogP contribution in [0, 0.1) is 9.39 Å². The first kappa shape index (κ1) is 7.78. The lowest BCUT2D eigenvalue weighted by Crippen LogP contribution is -1.89. The van der Waals surface area contributed by atoms with Crippen LogP contribution in [0.4, 0.5) is 4.39 Å². The predicted molar refractivity (Wildman–Crippen MR) is 45.7 cm³/mol. The van der Waals surface area contributed by atoms with Gasteiger partial charge in [-0.05, 0) is 34.7 Å². The minimum atomic E-state index is -0.286. The Morgan fingerprint density at radius 1 is 1.50 bits per heavy atom. The van der Waals surface area contributed by atoms with Crippen LogP contribution in [0.1, 0.15) is 0 Å². The molecule has 10 heavy (non-hydrogen) atoms. The zero-order valence-electron chi connectivity index (χ0n) is 5.40. The number of halogens is 2. The second kappa shape index (κ2) is 3.18. The Kier molecular flexibility index (Phi) is 2.48. The molecular formula is C7H6FIO. The molecule has 0 unspecified atom stereocenters. The first-order valence-corrected chi connectivity index (χ1v) is 3.81. The summed E-state index contributed by atoms with van der Waals surface area (Å²) in [6.45, 7) is 0. The molecule has 54 valence electrons. The van der Waals surface area contributed by atoms with E-state index in [1.165, 1.54) is 7.11 Å². The molecule has 0 aliphatic rings. The van der Waals surface area contributed by atoms with Gasteiger partial charge in [-0.15, -0.1) is 0 Å². The molecule has 0 aliphatic heterocycles. The number of hydrogen-bond acceptors (Lipinski definition) is 1. The van der Waals surface area contributed by atoms with Gasteiger partial charge in [-0.3, -0.25) is 0 Å². The fourth-order valence-corrected chi connectivity index (χ4v) is 1.12. The summed E-state index contributed by atoms with van der Waals surface area (Å²) in [5, 5.41) is 0. The number of benzene rings is 1. The van der Waals surface area contributed by atoms with Crippen LogP contribution in [-0.4, -0.2) is 7.11 Å². The van der Waals surface area contributed by atoms with Crippen molar-refractivity contribution in [1.82, 2.24) is 0 Å². The molecule has 0 bridgehead atoms. The van der Waals surface area contributed by atoms with Gasteiger partial charge in [0.25, 0.3) is 0 Å². The average molecular weight is 252 g/mol. The molecule has 1 rings (SSSR count). The molecule has 0 amide bonds. The van der Waals surface area contributed by atoms with Gasteiger partial charge in [-0.25, -0.2) is 4.39 Å². The second-order valence-corrected chi connectivity index (χ2v) is 2.92. The molecular weight excluding hydrogens is 246 g/mol. The number of methoxy groups -OCH3 is 1. The highest BCUT2D eigenvalue weighted by Gasteiger charge is 2.03. The monoisotopic (exact) mass is 252 g/mol. The zero-order chi connectivity index (χ0) is 7.56. The lowest BCUT2D eigenvalue weighted by molar-refractivity contribution is 0.385. The second-order valence-electron chi connectivity index (χ2n) is 1.76. The molecule has 0 N–H and O–H groups in total. The van der Waals surface area contributed by atoms with E-state index in [2.05, 4.69) is 0 Å². The molecule has 0 radical (unpaired) electrons. The normalized spacial score (nSPS) is 9.50. The molecule has 1 aromatic rings. The highest BCUT2D eigenvalue weighted by molar-refractivity contribution is 14.1. The number of rotatable bonds is 1. The smallest absolute Gasteiger partial charge is 0.178 e. The van der Waals surface area contributed by atoms with Crippen molar-refractivity contribution in [2.75, 3.05) is 7.11 Å². The molecule has 0 atom stereocenters. The molecule has 0 heterocycles. The van der Waals surface area contributed by atoms with E-state index in [9.17, 15) is 4.39 Å². The SMILES string of the molecule is COc1cccc(I)c1F. The third-order valence-electron chi connectivity index (χ3n) is 1.14. The highest BCUT2D eigenvalue weighted by atomic mass is 127. The first-order chi connectivity index (χ1) is 4.75. The van der Waals surface area contributed by atoms with Gasteiger partial charge in [0.1, 0.15) is 0 Å². The van der Waals surface area contributed by atoms with Gasteiger partial charge in [-0.1, -0.05) is 6.07 Å². The molecule has 0 aromatic heterocycles. The molecule has 0 spiro atoms. The topological polar surface area (TPSA) is 9.23 Å². The van der Waals surface area contributed by atoms with Gasteiger partial charge >= 0.3 is 0 Å². The Morgan fingerprint density at radius 2 is 2.20 bits per heavy atom. The quantitative estimate of drug-likeness (QED) is 0.697. The summed E-state index contributed by atoms with van der Waals surface area (Å²) < 4.78 is 18.2. The summed E-state index contributed by atoms with van der Waals surface area (Å²) in [4.78, 5) is 0. The van der Waals surface area contributed by atoms with Gasteiger partial charge < -0.3 is 4.74 Å². The van der Waals surface area contributed by atoms with Crippen LogP contribution < -0.4 is 4.74 Å². The lowest BCUT2D eigenvalue weighted by Gasteiger charge is -2.00. The average Bonchev–Trinajstić information content (AvgIpc) is 1.95. The molecule has 1 nitrogen and oxygen atoms in total. The fourth-order valence-electron chi connectivity index (χ4n) is 0.642. The van der Waals surface area contributed by atoms with Crippen molar-refractivity contribution in [2.45, 2.75) is 0 Å². The van der Waals surface area contributed by atoms with E-state index < -0.39 is 0 Å². The summed E-state index contributed by atoms with van der Waals surface area (Å²) in [5.74, 6) is 0.0116. The maximum absolute atomic E-state index is 12.9. The van der Waals surface area contributed by atoms with Crippen LogP contribution in [0.15, 0.2) is 18.2 Å². The van der Waals surface area contributed by atoms with Gasteiger partial charge in [-0.2, -0.15) is 0 Å². The Morgan fingerprint density at radius 3 is 2.70 bits per heavy atom. The van der Waals surface area contributed by atoms with Crippen molar-refractivity contribution < 1.29 is 9.13 Å². The Labute approximate surface area is 72.3 Å². The van der Waals surface area contributed by atoms with Gasteiger partial charge in [0, 0.05) is 0 Å². The maximum atomic E-state index is 12.9. The van der Waals surface area contributed by atoms with Crippen LogP contribution in [-0.2, 0) is 0 Å². The highest BCUT2D eigenvalue weighted by Crippen LogP contribution is 2.20. The Bertz CT molecular complexity index is 237. The minimum absolute atomic E-state index is 0.286. The van der Waals surface area contributed by atoms with Crippen molar-refractivity contribution >= 4 is 22.6 Å². The van der Waals surface area contributed by atoms with Crippen LogP contribution in [0.3, 0.4) is 0 Å². The van der Waals surface area contributed by atoms with E-state index in [0.29, 0.717) is 9.32 Å². The van der Waals surface area contributed by atoms with E-state index in [1.54, 1.807) is 18.2 Å². The van der Waals surface area contributed by atoms with E-state index in [1.807, 2.05) is 22.6 Å². The van der Waals surface area contributed by atoms with Gasteiger partial charge in [0.05, 0.1) is 10.7 Å². The summed E-state index contributed by atoms with van der Waals surface area (Å²) in [6, 6.07) is 5.04. The third kappa shape index (κ3) is 1.39. The summed E-state index contributed by atoms with van der Waals surface area (Å²) in [7, 11) is 1.45. The summed E-state index contributed by atoms with van der Waals surface area (Å²) in [6.07, 6.45) is 0. The van der Waals surface area contributed by atoms with E-state index >= 15 is 0 Å². The predicted octanol–water partition coefficient (Wildman–Crippen LogP) is 2.44. The van der Waals surface area contributed by atoms with Crippen molar-refractivity contribution in [3.05, 3.63) is 27.6 Å². The van der Waals surface area contributed by atoms with Crippen molar-refractivity contribution in [3.63, 3.8) is 0 Å². The molecule has 0 saturated heterocycles. The van der Waals surface area contributed by atoms with Crippen LogP contribution in [0.2, 0.25) is 0 Å². The molecule has 0 aliphatic carbocycles. The van der Waals surface area contributed by atoms with Crippen LogP contribution >= 0.6 is 22.6 Å². The van der Waals surface area contributed by atoms with E-state index in [0.717, 1.165) is 0 Å². The standard InChI is InChI=1S/C7H6FIO/c1-10-6-4-2-3-5(9)7(6)8/h2-4H,1H3. The van der Waals surface area contributed by atoms with Crippen molar-refractivity contribution in [3.8, 4) is 5.75 Å². The summed E-state index contributed by atoms with van der Waals surface area (Å²) >= 11 is 1.92. The number of ether oxygens (including phenoxy) is 1. The molecule has 3 heteroatoms. The van der Waals surface area contributed by atoms with Gasteiger partial charge in [0.2, 0.25) is 0 Å². The first-order valence-electron chi connectivity index (χ1n) is 2.73. The minimum Gasteiger partial charge on any atom is -0.494 e. The van der Waals surface area contributed by atoms with Crippen molar-refractivity contribution in [2.24, 2.45) is 0 Å². The third-order valence-corrected chi connectivity index (χ3v) is 1.97. The van der Waals surface area contributed by atoms with Crippen LogP contribution in [0.5, 0.6) is 5.75 Å².